The molecule has 3 nitrogen and oxygen atoms in total. The third-order valence-electron chi connectivity index (χ3n) is 11.6. The lowest BCUT2D eigenvalue weighted by molar-refractivity contribution is -0.154. The molecule has 9 unspecified atom stereocenters. The number of rotatable bonds is 5. The maximum absolute atomic E-state index is 5.59. The van der Waals surface area contributed by atoms with Crippen molar-refractivity contribution in [1.29, 1.82) is 0 Å². The van der Waals surface area contributed by atoms with Gasteiger partial charge in [-0.25, -0.2) is 5.43 Å². The van der Waals surface area contributed by atoms with Gasteiger partial charge in [-0.15, -0.1) is 0 Å². The number of thiocarbonyl (C=S) groups is 1. The van der Waals surface area contributed by atoms with Crippen LogP contribution in [0.2, 0.25) is 0 Å². The summed E-state index contributed by atoms with van der Waals surface area (Å²) < 4.78 is 0. The summed E-state index contributed by atoms with van der Waals surface area (Å²) in [5.74, 6) is 5.98. The maximum atomic E-state index is 5.59. The SMILES string of the molecule is CC(C)CCCC(C)C1CCC2C3CC4(NNC(=S)N4)C4CCCCC4(C)C3CCC12C. The molecule has 4 saturated carbocycles. The maximum Gasteiger partial charge on any atom is 0.182 e. The van der Waals surface area contributed by atoms with E-state index >= 15 is 0 Å². The Kier molecular flexibility index (Phi) is 6.14. The van der Waals surface area contributed by atoms with Crippen molar-refractivity contribution in [3.8, 4) is 0 Å². The highest BCUT2D eigenvalue weighted by Crippen LogP contribution is 2.69. The molecule has 0 aromatic heterocycles. The van der Waals surface area contributed by atoms with Crippen molar-refractivity contribution in [3.05, 3.63) is 0 Å². The predicted octanol–water partition coefficient (Wildman–Crippen LogP) is 6.79. The Hall–Kier alpha value is -0.350. The third-order valence-corrected chi connectivity index (χ3v) is 11.8. The van der Waals surface area contributed by atoms with Crippen LogP contribution in [-0.2, 0) is 0 Å². The Morgan fingerprint density at radius 2 is 1.72 bits per heavy atom. The molecule has 1 saturated heterocycles. The number of fused-ring (bicyclic) bond motifs is 6. The van der Waals surface area contributed by atoms with E-state index in [0.29, 0.717) is 16.7 Å². The van der Waals surface area contributed by atoms with Gasteiger partial charge in [0.1, 0.15) is 5.66 Å². The zero-order valence-corrected chi connectivity index (χ0v) is 22.3. The molecule has 4 aliphatic carbocycles. The van der Waals surface area contributed by atoms with Gasteiger partial charge in [0, 0.05) is 5.92 Å². The van der Waals surface area contributed by atoms with E-state index in [1.165, 1.54) is 77.0 Å². The van der Waals surface area contributed by atoms with Gasteiger partial charge in [0.05, 0.1) is 0 Å². The van der Waals surface area contributed by atoms with Gasteiger partial charge in [-0.2, -0.15) is 0 Å². The highest BCUT2D eigenvalue weighted by atomic mass is 32.1. The molecule has 5 aliphatic rings. The monoisotopic (exact) mass is 459 g/mol. The van der Waals surface area contributed by atoms with E-state index in [1.807, 2.05) is 0 Å². The second-order valence-electron chi connectivity index (χ2n) is 13.6. The fraction of sp³-hybridized carbons (Fsp3) is 0.964. The highest BCUT2D eigenvalue weighted by molar-refractivity contribution is 7.80. The number of hydrogen-bond acceptors (Lipinski definition) is 2. The summed E-state index contributed by atoms with van der Waals surface area (Å²) in [6.07, 6.45) is 17.0. The molecule has 1 heterocycles. The Morgan fingerprint density at radius 3 is 2.44 bits per heavy atom. The van der Waals surface area contributed by atoms with E-state index < -0.39 is 0 Å². The van der Waals surface area contributed by atoms with Crippen LogP contribution in [0, 0.1) is 52.3 Å². The van der Waals surface area contributed by atoms with Crippen LogP contribution in [0.5, 0.6) is 0 Å². The molecule has 1 spiro atoms. The second kappa shape index (κ2) is 8.40. The molecular weight excluding hydrogens is 410 g/mol. The zero-order valence-electron chi connectivity index (χ0n) is 21.4. The molecule has 9 atom stereocenters. The smallest absolute Gasteiger partial charge is 0.182 e. The average molecular weight is 460 g/mol. The Labute approximate surface area is 203 Å². The minimum Gasteiger partial charge on any atom is -0.342 e. The van der Waals surface area contributed by atoms with Gasteiger partial charge < -0.3 is 5.32 Å². The first-order valence-electron chi connectivity index (χ1n) is 14.0. The van der Waals surface area contributed by atoms with Gasteiger partial charge in [0.15, 0.2) is 5.11 Å². The van der Waals surface area contributed by atoms with Crippen molar-refractivity contribution in [1.82, 2.24) is 16.2 Å². The average Bonchev–Trinajstić information content (AvgIpc) is 3.28. The predicted molar refractivity (Wildman–Crippen MR) is 138 cm³/mol. The Bertz CT molecular complexity index is 723. The van der Waals surface area contributed by atoms with Crippen molar-refractivity contribution in [2.24, 2.45) is 52.3 Å². The van der Waals surface area contributed by atoms with Crippen LogP contribution in [0.25, 0.3) is 0 Å². The molecule has 4 heteroatoms. The number of hydrogen-bond donors (Lipinski definition) is 3. The first-order valence-corrected chi connectivity index (χ1v) is 14.5. The van der Waals surface area contributed by atoms with Crippen LogP contribution in [-0.4, -0.2) is 10.8 Å². The van der Waals surface area contributed by atoms with Crippen molar-refractivity contribution < 1.29 is 0 Å². The molecule has 0 aromatic rings. The first-order chi connectivity index (χ1) is 15.2. The summed E-state index contributed by atoms with van der Waals surface area (Å²) in [6.45, 7) is 12.7. The molecule has 0 aromatic carbocycles. The van der Waals surface area contributed by atoms with Gasteiger partial charge in [-0.3, -0.25) is 5.43 Å². The largest absolute Gasteiger partial charge is 0.342 e. The topological polar surface area (TPSA) is 36.1 Å². The molecule has 1 aliphatic heterocycles. The minimum absolute atomic E-state index is 0.0212. The summed E-state index contributed by atoms with van der Waals surface area (Å²) in [6, 6.07) is 0. The van der Waals surface area contributed by atoms with Crippen LogP contribution in [0.1, 0.15) is 112 Å². The minimum atomic E-state index is -0.0212. The molecule has 32 heavy (non-hydrogen) atoms. The lowest BCUT2D eigenvalue weighted by atomic mass is 9.42. The van der Waals surface area contributed by atoms with Gasteiger partial charge in [0.2, 0.25) is 0 Å². The lowest BCUT2D eigenvalue weighted by Gasteiger charge is -2.65. The Balaban J connectivity index is 1.40. The van der Waals surface area contributed by atoms with Crippen LogP contribution < -0.4 is 16.2 Å². The van der Waals surface area contributed by atoms with Crippen LogP contribution in [0.15, 0.2) is 0 Å². The number of hydrazine groups is 1. The summed E-state index contributed by atoms with van der Waals surface area (Å²) in [4.78, 5) is 0. The summed E-state index contributed by atoms with van der Waals surface area (Å²) >= 11 is 5.59. The summed E-state index contributed by atoms with van der Waals surface area (Å²) in [5, 5.41) is 4.62. The molecule has 182 valence electrons. The van der Waals surface area contributed by atoms with Crippen molar-refractivity contribution in [2.75, 3.05) is 0 Å². The molecule has 0 radical (unpaired) electrons. The summed E-state index contributed by atoms with van der Waals surface area (Å²) in [7, 11) is 0. The van der Waals surface area contributed by atoms with Crippen LogP contribution in [0.4, 0.5) is 0 Å². The van der Waals surface area contributed by atoms with Crippen LogP contribution in [0.3, 0.4) is 0 Å². The van der Waals surface area contributed by atoms with E-state index in [1.54, 1.807) is 0 Å². The molecular formula is C28H49N3S. The Morgan fingerprint density at radius 1 is 0.938 bits per heavy atom. The van der Waals surface area contributed by atoms with Crippen LogP contribution >= 0.6 is 12.2 Å². The molecule has 0 bridgehead atoms. The van der Waals surface area contributed by atoms with Crippen molar-refractivity contribution in [2.45, 2.75) is 117 Å². The van der Waals surface area contributed by atoms with Crippen molar-refractivity contribution in [3.63, 3.8) is 0 Å². The fourth-order valence-electron chi connectivity index (χ4n) is 10.3. The van der Waals surface area contributed by atoms with Gasteiger partial charge in [-0.1, -0.05) is 66.7 Å². The zero-order chi connectivity index (χ0) is 22.7. The second-order valence-corrected chi connectivity index (χ2v) is 14.0. The molecule has 5 fully saturated rings. The van der Waals surface area contributed by atoms with E-state index in [9.17, 15) is 0 Å². The van der Waals surface area contributed by atoms with E-state index in [0.717, 1.165) is 40.6 Å². The van der Waals surface area contributed by atoms with E-state index in [2.05, 4.69) is 50.8 Å². The number of nitrogens with one attached hydrogen (secondary N) is 3. The molecule has 5 rings (SSSR count). The lowest BCUT2D eigenvalue weighted by Crippen LogP contribution is -2.69. The first kappa shape index (κ1) is 23.4. The standard InChI is InChI=1S/C28H49N3S/c1-18(2)9-8-10-19(3)21-12-13-22-20-17-28(29-25(32)30-31-28)24-11-6-7-15-27(24,5)23(20)14-16-26(21,22)4/h18-24,31H,6-17H2,1-5H3,(H2,29,30,32). The normalized spacial score (nSPS) is 48.7. The molecule has 0 amide bonds. The fourth-order valence-corrected chi connectivity index (χ4v) is 10.5. The van der Waals surface area contributed by atoms with E-state index in [-0.39, 0.29) is 5.66 Å². The van der Waals surface area contributed by atoms with E-state index in [4.69, 9.17) is 12.2 Å². The molecule has 3 N–H and O–H groups in total. The van der Waals surface area contributed by atoms with Gasteiger partial charge in [-0.05, 0) is 104 Å². The highest BCUT2D eigenvalue weighted by Gasteiger charge is 2.66. The third kappa shape index (κ3) is 3.56. The van der Waals surface area contributed by atoms with Gasteiger partial charge >= 0.3 is 0 Å². The van der Waals surface area contributed by atoms with Gasteiger partial charge in [0.25, 0.3) is 0 Å². The summed E-state index contributed by atoms with van der Waals surface area (Å²) in [5.41, 5.74) is 8.04. The quantitative estimate of drug-likeness (QED) is 0.396. The van der Waals surface area contributed by atoms with Crippen molar-refractivity contribution >= 4 is 17.3 Å².